The van der Waals surface area contributed by atoms with Crippen LogP contribution in [0.3, 0.4) is 0 Å². The fourth-order valence-corrected chi connectivity index (χ4v) is 2.34. The first kappa shape index (κ1) is 11.8. The number of nitrogens with zero attached hydrogens (tertiary/aromatic N) is 1. The Morgan fingerprint density at radius 1 is 1.62 bits per heavy atom. The maximum atomic E-state index is 11.7. The van der Waals surface area contributed by atoms with Gasteiger partial charge in [0.15, 0.2) is 0 Å². The number of hydrogen-bond acceptors (Lipinski definition) is 6. The molecule has 1 amide bonds. The summed E-state index contributed by atoms with van der Waals surface area (Å²) in [6.07, 6.45) is 3.37. The Bertz CT molecular complexity index is 363. The van der Waals surface area contributed by atoms with Crippen LogP contribution in [0.4, 0.5) is 0 Å². The molecule has 1 aliphatic rings. The first-order valence-electron chi connectivity index (χ1n) is 5.08. The van der Waals surface area contributed by atoms with Gasteiger partial charge in [-0.15, -0.1) is 0 Å². The molecule has 7 heteroatoms. The van der Waals surface area contributed by atoms with Crippen LogP contribution >= 0.6 is 22.6 Å². The third-order valence-corrected chi connectivity index (χ3v) is 3.26. The molecule has 16 heavy (non-hydrogen) atoms. The van der Waals surface area contributed by atoms with Gasteiger partial charge in [-0.1, -0.05) is 16.8 Å². The first-order chi connectivity index (χ1) is 7.83. The Kier molecular flexibility index (Phi) is 4.14. The van der Waals surface area contributed by atoms with Gasteiger partial charge in [-0.25, -0.2) is 0 Å². The second-order valence-electron chi connectivity index (χ2n) is 3.66. The fraction of sp³-hybridized carbons (Fsp3) is 0.556. The first-order valence-corrected chi connectivity index (χ1v) is 6.95. The number of nitrogens with one attached hydrogen (secondary N) is 2. The molecule has 0 radical (unpaired) electrons. The van der Waals surface area contributed by atoms with E-state index < -0.39 is 0 Å². The molecule has 2 rings (SSSR count). The van der Waals surface area contributed by atoms with Crippen LogP contribution in [0.1, 0.15) is 34.8 Å². The highest BCUT2D eigenvalue weighted by Crippen LogP contribution is 2.27. The lowest BCUT2D eigenvalue weighted by Gasteiger charge is -2.21. The van der Waals surface area contributed by atoms with E-state index in [2.05, 4.69) is 26.9 Å². The van der Waals surface area contributed by atoms with Crippen molar-refractivity contribution in [3.05, 3.63) is 17.5 Å². The number of thiol groups is 1. The van der Waals surface area contributed by atoms with E-state index >= 15 is 0 Å². The largest absolute Gasteiger partial charge is 0.364 e. The second kappa shape index (κ2) is 5.60. The third kappa shape index (κ3) is 2.53. The van der Waals surface area contributed by atoms with E-state index in [1.807, 2.05) is 0 Å². The van der Waals surface area contributed by atoms with Gasteiger partial charge in [-0.3, -0.25) is 9.52 Å². The molecule has 0 saturated carbocycles. The van der Waals surface area contributed by atoms with Gasteiger partial charge in [0.25, 0.3) is 5.91 Å². The summed E-state index contributed by atoms with van der Waals surface area (Å²) in [5.41, 5.74) is 1.29. The van der Waals surface area contributed by atoms with Gasteiger partial charge in [0.1, 0.15) is 11.8 Å². The summed E-state index contributed by atoms with van der Waals surface area (Å²) in [6, 6.07) is 0. The smallest absolute Gasteiger partial charge is 0.266 e. The Hall–Kier alpha value is -0.660. The number of piperidine rings is 1. The number of amides is 1. The monoisotopic (exact) mass is 259 g/mol. The molecule has 2 N–H and O–H groups in total. The van der Waals surface area contributed by atoms with Gasteiger partial charge >= 0.3 is 0 Å². The van der Waals surface area contributed by atoms with E-state index in [0.717, 1.165) is 42.6 Å². The number of carbonyl (C=O) groups is 1. The van der Waals surface area contributed by atoms with Crippen molar-refractivity contribution in [2.45, 2.75) is 18.8 Å². The van der Waals surface area contributed by atoms with Crippen LogP contribution in [-0.4, -0.2) is 24.2 Å². The molecule has 88 valence electrons. The van der Waals surface area contributed by atoms with Crippen LogP contribution in [0.15, 0.2) is 10.8 Å². The van der Waals surface area contributed by atoms with E-state index in [4.69, 9.17) is 4.52 Å². The molecule has 0 bridgehead atoms. The summed E-state index contributed by atoms with van der Waals surface area (Å²) in [6.45, 7) is 1.92. The van der Waals surface area contributed by atoms with Crippen molar-refractivity contribution in [3.8, 4) is 0 Å². The zero-order valence-corrected chi connectivity index (χ0v) is 10.3. The number of rotatable bonds is 3. The van der Waals surface area contributed by atoms with E-state index in [1.165, 1.54) is 6.26 Å². The Balaban J connectivity index is 2.14. The molecule has 5 nitrogen and oxygen atoms in total. The molecule has 1 aliphatic heterocycles. The predicted octanol–water partition coefficient (Wildman–Crippen LogP) is 1.36. The van der Waals surface area contributed by atoms with E-state index in [9.17, 15) is 4.79 Å². The molecule has 1 saturated heterocycles. The summed E-state index contributed by atoms with van der Waals surface area (Å²) < 4.78 is 7.45. The summed E-state index contributed by atoms with van der Waals surface area (Å²) in [4.78, 5) is 11.7. The zero-order valence-electron chi connectivity index (χ0n) is 8.60. The van der Waals surface area contributed by atoms with Crippen molar-refractivity contribution in [2.75, 3.05) is 13.1 Å². The molecule has 0 aromatic carbocycles. The van der Waals surface area contributed by atoms with Gasteiger partial charge in [0.05, 0.1) is 5.69 Å². The topological polar surface area (TPSA) is 67.2 Å². The molecule has 0 unspecified atom stereocenters. The molecular weight excluding hydrogens is 246 g/mol. The van der Waals surface area contributed by atoms with E-state index in [1.54, 1.807) is 0 Å². The van der Waals surface area contributed by atoms with Crippen molar-refractivity contribution in [1.82, 2.24) is 15.2 Å². The number of hydrogen-bond donors (Lipinski definition) is 3. The average Bonchev–Trinajstić information content (AvgIpc) is 2.79. The highest BCUT2D eigenvalue weighted by Gasteiger charge is 2.24. The van der Waals surface area contributed by atoms with Gasteiger partial charge < -0.3 is 9.84 Å². The Morgan fingerprint density at radius 2 is 2.38 bits per heavy atom. The second-order valence-corrected chi connectivity index (χ2v) is 4.59. The third-order valence-electron chi connectivity index (χ3n) is 2.71. The molecule has 2 heterocycles. The SMILES string of the molecule is O=C(NSS)c1conc1C1CCNCC1. The Labute approximate surface area is 103 Å². The molecule has 1 fully saturated rings. The molecule has 0 atom stereocenters. The summed E-state index contributed by atoms with van der Waals surface area (Å²) in [5, 5.41) is 7.22. The van der Waals surface area contributed by atoms with Crippen molar-refractivity contribution in [2.24, 2.45) is 0 Å². The standard InChI is InChI=1S/C9H13N3O2S2/c13-9(12-16-15)7-5-14-11-8(7)6-1-3-10-4-2-6/h5-6,10,15H,1-4H2,(H,12,13). The Morgan fingerprint density at radius 3 is 3.06 bits per heavy atom. The van der Waals surface area contributed by atoms with Gasteiger partial charge in [-0.2, -0.15) is 0 Å². The zero-order chi connectivity index (χ0) is 11.4. The minimum atomic E-state index is -0.199. The lowest BCUT2D eigenvalue weighted by molar-refractivity contribution is 0.0983. The summed E-state index contributed by atoms with van der Waals surface area (Å²) in [5.74, 6) is 0.112. The minimum absolute atomic E-state index is 0.199. The van der Waals surface area contributed by atoms with Crippen LogP contribution < -0.4 is 10.0 Å². The number of carbonyl (C=O) groups excluding carboxylic acids is 1. The molecule has 1 aromatic rings. The van der Waals surface area contributed by atoms with Gasteiger partial charge in [0, 0.05) is 16.9 Å². The van der Waals surface area contributed by atoms with Crippen LogP contribution in [0.2, 0.25) is 0 Å². The van der Waals surface area contributed by atoms with Crippen molar-refractivity contribution in [3.63, 3.8) is 0 Å². The quantitative estimate of drug-likeness (QED) is 0.434. The van der Waals surface area contributed by atoms with E-state index in [-0.39, 0.29) is 5.91 Å². The van der Waals surface area contributed by atoms with Gasteiger partial charge in [0.2, 0.25) is 0 Å². The van der Waals surface area contributed by atoms with Crippen LogP contribution in [0, 0.1) is 0 Å². The fourth-order valence-electron chi connectivity index (χ4n) is 1.90. The average molecular weight is 259 g/mol. The lowest BCUT2D eigenvalue weighted by Crippen LogP contribution is -2.28. The maximum Gasteiger partial charge on any atom is 0.266 e. The van der Waals surface area contributed by atoms with Crippen LogP contribution in [0.5, 0.6) is 0 Å². The van der Waals surface area contributed by atoms with Crippen LogP contribution in [-0.2, 0) is 0 Å². The maximum absolute atomic E-state index is 11.7. The predicted molar refractivity (Wildman–Crippen MR) is 65.4 cm³/mol. The summed E-state index contributed by atoms with van der Waals surface area (Å²) >= 11 is 3.88. The molecule has 1 aromatic heterocycles. The van der Waals surface area contributed by atoms with Crippen molar-refractivity contribution < 1.29 is 9.32 Å². The molecule has 0 spiro atoms. The number of aromatic nitrogens is 1. The highest BCUT2D eigenvalue weighted by molar-refractivity contribution is 8.68. The van der Waals surface area contributed by atoms with Crippen molar-refractivity contribution >= 4 is 28.5 Å². The van der Waals surface area contributed by atoms with E-state index in [0.29, 0.717) is 11.5 Å². The lowest BCUT2D eigenvalue weighted by atomic mass is 9.92. The van der Waals surface area contributed by atoms with Gasteiger partial charge in [-0.05, 0) is 25.9 Å². The highest BCUT2D eigenvalue weighted by atomic mass is 33.1. The minimum Gasteiger partial charge on any atom is -0.364 e. The van der Waals surface area contributed by atoms with Crippen LogP contribution in [0.25, 0.3) is 0 Å². The van der Waals surface area contributed by atoms with Crippen molar-refractivity contribution in [1.29, 1.82) is 0 Å². The summed E-state index contributed by atoms with van der Waals surface area (Å²) in [7, 11) is 0.976. The molecular formula is C9H13N3O2S2. The molecule has 0 aliphatic carbocycles. The normalized spacial score (nSPS) is 17.3.